The molecule has 5 fully saturated rings. The van der Waals surface area contributed by atoms with Crippen molar-refractivity contribution < 1.29 is 18.0 Å². The first-order chi connectivity index (χ1) is 14.7. The van der Waals surface area contributed by atoms with Gasteiger partial charge in [0.05, 0.1) is 11.4 Å². The van der Waals surface area contributed by atoms with Gasteiger partial charge in [-0.05, 0) is 87.0 Å². The average molecular weight is 510 g/mol. The molecule has 31 heavy (non-hydrogen) atoms. The van der Waals surface area contributed by atoms with E-state index in [2.05, 4.69) is 21.2 Å². The number of benzene rings is 1. The van der Waals surface area contributed by atoms with Gasteiger partial charge < -0.3 is 11.1 Å². The third-order valence-electron chi connectivity index (χ3n) is 7.80. The van der Waals surface area contributed by atoms with Crippen molar-refractivity contribution in [2.45, 2.75) is 61.9 Å². The minimum atomic E-state index is -3.74. The topological polar surface area (TPSA) is 110 Å². The minimum absolute atomic E-state index is 0.00737. The van der Waals surface area contributed by atoms with Crippen molar-refractivity contribution in [3.05, 3.63) is 28.7 Å². The smallest absolute Gasteiger partial charge is 0.243 e. The Kier molecular flexibility index (Phi) is 5.22. The Morgan fingerprint density at radius 3 is 2.26 bits per heavy atom. The van der Waals surface area contributed by atoms with E-state index in [1.165, 1.54) is 4.31 Å². The Morgan fingerprint density at radius 1 is 1.10 bits per heavy atom. The van der Waals surface area contributed by atoms with Gasteiger partial charge in [0.25, 0.3) is 0 Å². The van der Waals surface area contributed by atoms with Crippen LogP contribution in [0.4, 0.5) is 0 Å². The summed E-state index contributed by atoms with van der Waals surface area (Å²) in [5.41, 5.74) is 5.35. The van der Waals surface area contributed by atoms with Crippen LogP contribution < -0.4 is 11.1 Å². The Bertz CT molecular complexity index is 992. The number of rotatable bonds is 7. The molecule has 7 nitrogen and oxygen atoms in total. The second-order valence-corrected chi connectivity index (χ2v) is 12.7. The standard InChI is InChI=1S/C22H28BrN3O4S/c23-16-1-5-18(6-2-16)31(29,30)26(17-3-4-17)12-19(27)25-20-14-7-13-8-15(20)11-22(9-13,10-14)21(24)28/h1-2,5-6,13-15,17,20H,3-4,7-12H2,(H2,24,28)(H,25,27). The van der Waals surface area contributed by atoms with Crippen LogP contribution in [0.1, 0.15) is 44.9 Å². The Balaban J connectivity index is 1.30. The maximum atomic E-state index is 13.2. The van der Waals surface area contributed by atoms with E-state index in [0.717, 1.165) is 49.4 Å². The molecule has 1 aromatic carbocycles. The van der Waals surface area contributed by atoms with Gasteiger partial charge in [0, 0.05) is 22.0 Å². The van der Waals surface area contributed by atoms with Crippen LogP contribution in [0.25, 0.3) is 0 Å². The molecule has 2 atom stereocenters. The van der Waals surface area contributed by atoms with E-state index in [9.17, 15) is 18.0 Å². The molecule has 5 aliphatic carbocycles. The summed E-state index contributed by atoms with van der Waals surface area (Å²) in [7, 11) is -3.74. The van der Waals surface area contributed by atoms with Crippen LogP contribution in [0.2, 0.25) is 0 Å². The molecule has 0 saturated heterocycles. The molecule has 0 aromatic heterocycles. The second kappa shape index (κ2) is 7.56. The summed E-state index contributed by atoms with van der Waals surface area (Å²) in [5, 5.41) is 3.16. The van der Waals surface area contributed by atoms with Crippen molar-refractivity contribution in [2.75, 3.05) is 6.54 Å². The molecular formula is C22H28BrN3O4S. The summed E-state index contributed by atoms with van der Waals surface area (Å²) in [6, 6.07) is 6.41. The average Bonchev–Trinajstić information content (AvgIpc) is 3.53. The normalized spacial score (nSPS) is 34.1. The summed E-state index contributed by atoms with van der Waals surface area (Å²) < 4.78 is 28.5. The number of sulfonamides is 1. The van der Waals surface area contributed by atoms with Crippen LogP contribution >= 0.6 is 15.9 Å². The molecule has 6 rings (SSSR count). The lowest BCUT2D eigenvalue weighted by Gasteiger charge is -2.58. The van der Waals surface area contributed by atoms with Crippen molar-refractivity contribution in [2.24, 2.45) is 28.9 Å². The maximum Gasteiger partial charge on any atom is 0.243 e. The number of hydrogen-bond donors (Lipinski definition) is 2. The van der Waals surface area contributed by atoms with Crippen LogP contribution in [0, 0.1) is 23.2 Å². The third-order valence-corrected chi connectivity index (χ3v) is 10.2. The summed E-state index contributed by atoms with van der Waals surface area (Å²) in [5.74, 6) is 0.564. The van der Waals surface area contributed by atoms with Crippen LogP contribution in [0.15, 0.2) is 33.6 Å². The van der Waals surface area contributed by atoms with E-state index >= 15 is 0 Å². The van der Waals surface area contributed by atoms with Crippen LogP contribution in [0.3, 0.4) is 0 Å². The molecule has 5 saturated carbocycles. The van der Waals surface area contributed by atoms with Gasteiger partial charge in [-0.2, -0.15) is 4.31 Å². The van der Waals surface area contributed by atoms with Gasteiger partial charge in [-0.1, -0.05) is 15.9 Å². The molecule has 3 N–H and O–H groups in total. The van der Waals surface area contributed by atoms with Gasteiger partial charge in [0.15, 0.2) is 0 Å². The molecule has 2 unspecified atom stereocenters. The van der Waals surface area contributed by atoms with E-state index < -0.39 is 15.4 Å². The monoisotopic (exact) mass is 509 g/mol. The van der Waals surface area contributed by atoms with Gasteiger partial charge in [0.1, 0.15) is 0 Å². The highest BCUT2D eigenvalue weighted by Gasteiger charge is 2.58. The Hall–Kier alpha value is -1.45. The highest BCUT2D eigenvalue weighted by Crippen LogP contribution is 2.59. The summed E-state index contributed by atoms with van der Waals surface area (Å²) in [4.78, 5) is 25.3. The fourth-order valence-electron chi connectivity index (χ4n) is 6.45. The zero-order chi connectivity index (χ0) is 22.0. The Labute approximate surface area is 191 Å². The number of hydrogen-bond acceptors (Lipinski definition) is 4. The molecule has 0 spiro atoms. The van der Waals surface area contributed by atoms with E-state index in [1.807, 2.05) is 0 Å². The molecule has 0 aliphatic heterocycles. The van der Waals surface area contributed by atoms with E-state index in [0.29, 0.717) is 5.92 Å². The van der Waals surface area contributed by atoms with Gasteiger partial charge in [-0.25, -0.2) is 8.42 Å². The van der Waals surface area contributed by atoms with Crippen molar-refractivity contribution in [3.63, 3.8) is 0 Å². The number of nitrogens with two attached hydrogens (primary N) is 1. The lowest BCUT2D eigenvalue weighted by Crippen LogP contribution is -2.62. The molecule has 168 valence electrons. The first kappa shape index (κ1) is 21.4. The van der Waals surface area contributed by atoms with Crippen molar-refractivity contribution >= 4 is 37.8 Å². The van der Waals surface area contributed by atoms with Gasteiger partial charge in [-0.3, -0.25) is 9.59 Å². The van der Waals surface area contributed by atoms with Gasteiger partial charge >= 0.3 is 0 Å². The van der Waals surface area contributed by atoms with E-state index in [-0.39, 0.29) is 47.2 Å². The highest BCUT2D eigenvalue weighted by molar-refractivity contribution is 9.10. The third kappa shape index (κ3) is 3.82. The van der Waals surface area contributed by atoms with Crippen molar-refractivity contribution in [3.8, 4) is 0 Å². The fraction of sp³-hybridized carbons (Fsp3) is 0.636. The van der Waals surface area contributed by atoms with Gasteiger partial charge in [0.2, 0.25) is 21.8 Å². The fourth-order valence-corrected chi connectivity index (χ4v) is 8.36. The predicted molar refractivity (Wildman–Crippen MR) is 118 cm³/mol. The number of carbonyl (C=O) groups excluding carboxylic acids is 2. The molecule has 0 heterocycles. The number of amides is 2. The van der Waals surface area contributed by atoms with Gasteiger partial charge in [-0.15, -0.1) is 0 Å². The molecule has 5 aliphatic rings. The number of nitrogens with zero attached hydrogens (tertiary/aromatic N) is 1. The lowest BCUT2D eigenvalue weighted by molar-refractivity contribution is -0.147. The van der Waals surface area contributed by atoms with E-state index in [1.54, 1.807) is 24.3 Å². The summed E-state index contributed by atoms with van der Waals surface area (Å²) in [6.45, 7) is -0.163. The highest BCUT2D eigenvalue weighted by atomic mass is 79.9. The molecule has 1 aromatic rings. The number of halogens is 1. The van der Waals surface area contributed by atoms with Crippen molar-refractivity contribution in [1.82, 2.24) is 9.62 Å². The number of nitrogens with one attached hydrogen (secondary N) is 1. The van der Waals surface area contributed by atoms with Crippen LogP contribution in [0.5, 0.6) is 0 Å². The zero-order valence-electron chi connectivity index (χ0n) is 17.3. The molecular weight excluding hydrogens is 482 g/mol. The van der Waals surface area contributed by atoms with Crippen LogP contribution in [-0.4, -0.2) is 43.2 Å². The van der Waals surface area contributed by atoms with E-state index in [4.69, 9.17) is 5.73 Å². The lowest BCUT2D eigenvalue weighted by atomic mass is 9.47. The van der Waals surface area contributed by atoms with Crippen molar-refractivity contribution in [1.29, 1.82) is 0 Å². The molecule has 2 amide bonds. The number of carbonyl (C=O) groups is 2. The SMILES string of the molecule is NC(=O)C12CC3CC(C1)C(NC(=O)CN(C1CC1)S(=O)(=O)c1ccc(Br)cc1)C(C3)C2. The first-order valence-corrected chi connectivity index (χ1v) is 13.3. The maximum absolute atomic E-state index is 13.2. The minimum Gasteiger partial charge on any atom is -0.369 e. The second-order valence-electron chi connectivity index (χ2n) is 9.94. The predicted octanol–water partition coefficient (Wildman–Crippen LogP) is 2.40. The number of primary amides is 1. The quantitative estimate of drug-likeness (QED) is 0.587. The molecule has 9 heteroatoms. The summed E-state index contributed by atoms with van der Waals surface area (Å²) in [6.07, 6.45) is 5.95. The van der Waals surface area contributed by atoms with Crippen LogP contribution in [-0.2, 0) is 19.6 Å². The summed E-state index contributed by atoms with van der Waals surface area (Å²) >= 11 is 3.33. The molecule has 4 bridgehead atoms. The largest absolute Gasteiger partial charge is 0.369 e. The molecule has 0 radical (unpaired) electrons. The first-order valence-electron chi connectivity index (χ1n) is 11.0. The zero-order valence-corrected chi connectivity index (χ0v) is 19.7. The Morgan fingerprint density at radius 2 is 1.71 bits per heavy atom.